The molecule has 86 valence electrons. The molecule has 3 nitrogen and oxygen atoms in total. The Bertz CT molecular complexity index is 394. The molecule has 0 radical (unpaired) electrons. The fourth-order valence-electron chi connectivity index (χ4n) is 1.20. The van der Waals surface area contributed by atoms with Crippen LogP contribution in [0.3, 0.4) is 0 Å². The summed E-state index contributed by atoms with van der Waals surface area (Å²) in [5.41, 5.74) is 4.81. The van der Waals surface area contributed by atoms with Crippen LogP contribution >= 0.6 is 0 Å². The van der Waals surface area contributed by atoms with E-state index in [1.165, 1.54) is 0 Å². The smallest absolute Gasteiger partial charge is 0.216 e. The molecule has 1 rings (SSSR count). The zero-order valence-electron chi connectivity index (χ0n) is 9.27. The van der Waals surface area contributed by atoms with Crippen LogP contribution in [0.25, 0.3) is 0 Å². The summed E-state index contributed by atoms with van der Waals surface area (Å²) < 4.78 is 0. The van der Waals surface area contributed by atoms with Gasteiger partial charge in [0.1, 0.15) is 0 Å². The highest BCUT2D eigenvalue weighted by atomic mass is 28.3. The first-order valence-corrected chi connectivity index (χ1v) is 7.70. The second kappa shape index (κ2) is 5.82. The lowest BCUT2D eigenvalue weighted by atomic mass is 10.1. The van der Waals surface area contributed by atoms with E-state index in [1.54, 1.807) is 0 Å². The predicted molar refractivity (Wildman–Crippen MR) is 65.1 cm³/mol. The van der Waals surface area contributed by atoms with Gasteiger partial charge in [-0.2, -0.15) is 0 Å². The molecule has 0 aromatic heterocycles. The fraction of sp³-hybridized carbons (Fsp3) is 0.333. The third kappa shape index (κ3) is 3.19. The van der Waals surface area contributed by atoms with Gasteiger partial charge in [0.15, 0.2) is 0 Å². The van der Waals surface area contributed by atoms with Crippen LogP contribution in [-0.2, 0) is 0 Å². The molecule has 0 heterocycles. The number of benzene rings is 1. The number of rotatable bonds is 3. The lowest BCUT2D eigenvalue weighted by Crippen LogP contribution is -2.47. The molecule has 0 unspecified atom stereocenters. The Balaban J connectivity index is 2.95. The lowest BCUT2D eigenvalue weighted by Gasteiger charge is -2.16. The fourth-order valence-corrected chi connectivity index (χ4v) is 2.14. The summed E-state index contributed by atoms with van der Waals surface area (Å²) in [5, 5.41) is 27.4. The van der Waals surface area contributed by atoms with Crippen LogP contribution in [0.15, 0.2) is 24.3 Å². The van der Waals surface area contributed by atoms with Gasteiger partial charge in [-0.1, -0.05) is 18.1 Å². The number of aliphatic hydroxyl groups excluding tert-OH is 3. The van der Waals surface area contributed by atoms with Crippen molar-refractivity contribution in [1.82, 2.24) is 0 Å². The molecule has 3 N–H and O–H groups in total. The van der Waals surface area contributed by atoms with Crippen molar-refractivity contribution in [2.75, 3.05) is 18.7 Å². The van der Waals surface area contributed by atoms with E-state index in [2.05, 4.69) is 11.5 Å². The van der Waals surface area contributed by atoms with Gasteiger partial charge < -0.3 is 15.3 Å². The van der Waals surface area contributed by atoms with Crippen LogP contribution < -0.4 is 0 Å². The maximum atomic E-state index is 9.15. The monoisotopic (exact) mass is 236 g/mol. The minimum Gasteiger partial charge on any atom is -0.398 e. The van der Waals surface area contributed by atoms with Crippen molar-refractivity contribution in [3.63, 3.8) is 0 Å². The van der Waals surface area contributed by atoms with Crippen LogP contribution in [0.5, 0.6) is 0 Å². The summed E-state index contributed by atoms with van der Waals surface area (Å²) in [7, 11) is -2.61. The number of hydrogen-bond acceptors (Lipinski definition) is 3. The maximum Gasteiger partial charge on any atom is 0.216 e. The van der Waals surface area contributed by atoms with E-state index in [9.17, 15) is 0 Å². The van der Waals surface area contributed by atoms with Crippen molar-refractivity contribution in [3.05, 3.63) is 35.4 Å². The molecule has 4 heteroatoms. The molecular weight excluding hydrogens is 220 g/mol. The normalized spacial score (nSPS) is 10.8. The summed E-state index contributed by atoms with van der Waals surface area (Å²) in [6.45, 7) is 1.97. The van der Waals surface area contributed by atoms with Crippen LogP contribution in [-0.4, -0.2) is 42.1 Å². The summed E-state index contributed by atoms with van der Waals surface area (Å²) in [6, 6.07) is 7.67. The van der Waals surface area contributed by atoms with Gasteiger partial charge in [-0.3, -0.25) is 0 Å². The molecule has 0 amide bonds. The van der Waals surface area contributed by atoms with E-state index in [-0.39, 0.29) is 18.7 Å². The van der Waals surface area contributed by atoms with Crippen LogP contribution in [0.2, 0.25) is 0 Å². The SMILES string of the molecule is Cc1cccc(C#C[Si](CO)(CO)CO)c1. The Hall–Kier alpha value is -1.12. The molecule has 0 spiro atoms. The van der Waals surface area contributed by atoms with E-state index >= 15 is 0 Å². The summed E-state index contributed by atoms with van der Waals surface area (Å²) in [4.78, 5) is 0. The first-order valence-electron chi connectivity index (χ1n) is 5.08. The zero-order chi connectivity index (χ0) is 12.0. The van der Waals surface area contributed by atoms with Gasteiger partial charge in [0, 0.05) is 5.56 Å². The molecule has 0 aliphatic heterocycles. The Kier molecular flexibility index (Phi) is 4.71. The van der Waals surface area contributed by atoms with E-state index in [0.29, 0.717) is 0 Å². The molecule has 0 aliphatic rings. The summed E-state index contributed by atoms with van der Waals surface area (Å²) >= 11 is 0. The Morgan fingerprint density at radius 2 is 1.75 bits per heavy atom. The Morgan fingerprint density at radius 1 is 1.12 bits per heavy atom. The average molecular weight is 236 g/mol. The molecule has 1 aromatic rings. The second-order valence-electron chi connectivity index (χ2n) is 3.87. The predicted octanol–water partition coefficient (Wildman–Crippen LogP) is -0.0710. The Morgan fingerprint density at radius 3 is 2.25 bits per heavy atom. The highest BCUT2D eigenvalue weighted by Crippen LogP contribution is 2.03. The molecule has 16 heavy (non-hydrogen) atoms. The third-order valence-electron chi connectivity index (χ3n) is 2.40. The molecule has 0 fully saturated rings. The number of hydrogen-bond donors (Lipinski definition) is 3. The average Bonchev–Trinajstić information content (AvgIpc) is 2.32. The molecule has 0 saturated heterocycles. The van der Waals surface area contributed by atoms with Crippen molar-refractivity contribution in [1.29, 1.82) is 0 Å². The first-order chi connectivity index (χ1) is 7.65. The molecule has 0 bridgehead atoms. The summed E-state index contributed by atoms with van der Waals surface area (Å²) in [5.74, 6) is 2.91. The van der Waals surface area contributed by atoms with Gasteiger partial charge in [0.05, 0.1) is 18.7 Å². The van der Waals surface area contributed by atoms with Crippen LogP contribution in [0.1, 0.15) is 11.1 Å². The van der Waals surface area contributed by atoms with E-state index < -0.39 is 8.07 Å². The summed E-state index contributed by atoms with van der Waals surface area (Å²) in [6.07, 6.45) is -0.670. The molecule has 1 aromatic carbocycles. The van der Waals surface area contributed by atoms with Crippen molar-refractivity contribution in [2.45, 2.75) is 6.92 Å². The van der Waals surface area contributed by atoms with E-state index in [4.69, 9.17) is 15.3 Å². The topological polar surface area (TPSA) is 60.7 Å². The maximum absolute atomic E-state index is 9.15. The first kappa shape index (κ1) is 12.9. The van der Waals surface area contributed by atoms with Gasteiger partial charge >= 0.3 is 0 Å². The van der Waals surface area contributed by atoms with Crippen LogP contribution in [0, 0.1) is 18.4 Å². The van der Waals surface area contributed by atoms with Gasteiger partial charge in [-0.15, -0.1) is 5.54 Å². The standard InChI is InChI=1S/C12H16O3Si/c1-11-3-2-4-12(7-11)5-6-16(8-13,9-14)10-15/h2-4,7,13-15H,8-10H2,1H3. The van der Waals surface area contributed by atoms with Gasteiger partial charge in [0.25, 0.3) is 0 Å². The number of aryl methyl sites for hydroxylation is 1. The van der Waals surface area contributed by atoms with Crippen molar-refractivity contribution < 1.29 is 15.3 Å². The van der Waals surface area contributed by atoms with E-state index in [1.807, 2.05) is 31.2 Å². The van der Waals surface area contributed by atoms with Gasteiger partial charge in [-0.25, -0.2) is 0 Å². The molecule has 0 saturated carbocycles. The van der Waals surface area contributed by atoms with Crippen molar-refractivity contribution >= 4 is 8.07 Å². The zero-order valence-corrected chi connectivity index (χ0v) is 10.3. The number of aliphatic hydroxyl groups is 3. The molecule has 0 aliphatic carbocycles. The lowest BCUT2D eigenvalue weighted by molar-refractivity contribution is 0.293. The van der Waals surface area contributed by atoms with Gasteiger partial charge in [-0.05, 0) is 24.6 Å². The van der Waals surface area contributed by atoms with Gasteiger partial charge in [0.2, 0.25) is 8.07 Å². The highest BCUT2D eigenvalue weighted by molar-refractivity contribution is 6.87. The van der Waals surface area contributed by atoms with Crippen molar-refractivity contribution in [2.24, 2.45) is 0 Å². The minimum absolute atomic E-state index is 0.223. The Labute approximate surface area is 96.4 Å². The molecular formula is C12H16O3Si. The quantitative estimate of drug-likeness (QED) is 0.508. The van der Waals surface area contributed by atoms with E-state index in [0.717, 1.165) is 11.1 Å². The largest absolute Gasteiger partial charge is 0.398 e. The van der Waals surface area contributed by atoms with Crippen LogP contribution in [0.4, 0.5) is 0 Å². The highest BCUT2D eigenvalue weighted by Gasteiger charge is 2.29. The minimum atomic E-state index is -2.61. The van der Waals surface area contributed by atoms with Crippen molar-refractivity contribution in [3.8, 4) is 11.5 Å². The third-order valence-corrected chi connectivity index (χ3v) is 4.87. The molecule has 0 atom stereocenters. The second-order valence-corrected chi connectivity index (χ2v) is 7.63.